The molecule has 0 bridgehead atoms. The topological polar surface area (TPSA) is 64.9 Å². The molecule has 2 rings (SSSR count). The molecule has 1 unspecified atom stereocenters. The van der Waals surface area contributed by atoms with Crippen molar-refractivity contribution < 1.29 is 4.79 Å². The first-order chi connectivity index (χ1) is 9.20. The van der Waals surface area contributed by atoms with Crippen LogP contribution in [0.4, 0.5) is 10.5 Å². The molecular weight excluding hydrogens is 238 g/mol. The van der Waals surface area contributed by atoms with Crippen LogP contribution in [0.1, 0.15) is 13.3 Å². The first-order valence-electron chi connectivity index (χ1n) is 6.13. The van der Waals surface area contributed by atoms with Crippen molar-refractivity contribution in [3.05, 3.63) is 42.5 Å². The third-order valence-electron chi connectivity index (χ3n) is 2.81. The van der Waals surface area contributed by atoms with Crippen LogP contribution in [0, 0.1) is 11.3 Å². The quantitative estimate of drug-likeness (QED) is 0.881. The van der Waals surface area contributed by atoms with Crippen LogP contribution < -0.4 is 10.6 Å². The summed E-state index contributed by atoms with van der Waals surface area (Å²) in [5.74, 6) is 0. The standard InChI is InChI=1S/C15H15N3O/c1-11(9-10-16)17-15(19)18-14-8-4-6-12-5-2-3-7-13(12)14/h2-8,11H,9H2,1H3,(H2,17,18,19). The molecule has 1 atom stereocenters. The first-order valence-corrected chi connectivity index (χ1v) is 6.13. The highest BCUT2D eigenvalue weighted by atomic mass is 16.2. The van der Waals surface area contributed by atoms with E-state index in [1.807, 2.05) is 48.5 Å². The molecule has 0 fully saturated rings. The van der Waals surface area contributed by atoms with Gasteiger partial charge in [0.1, 0.15) is 0 Å². The van der Waals surface area contributed by atoms with Crippen LogP contribution in [0.25, 0.3) is 10.8 Å². The lowest BCUT2D eigenvalue weighted by molar-refractivity contribution is 0.249. The van der Waals surface area contributed by atoms with E-state index >= 15 is 0 Å². The number of anilines is 1. The predicted octanol–water partition coefficient (Wildman–Crippen LogP) is 3.26. The predicted molar refractivity (Wildman–Crippen MR) is 75.8 cm³/mol. The number of carbonyl (C=O) groups is 1. The van der Waals surface area contributed by atoms with Crippen molar-refractivity contribution in [1.29, 1.82) is 5.26 Å². The molecule has 0 aliphatic heterocycles. The summed E-state index contributed by atoms with van der Waals surface area (Å²) in [5, 5.41) is 16.2. The van der Waals surface area contributed by atoms with Crippen molar-refractivity contribution in [2.45, 2.75) is 19.4 Å². The van der Waals surface area contributed by atoms with Gasteiger partial charge in [0.05, 0.1) is 18.2 Å². The van der Waals surface area contributed by atoms with E-state index in [9.17, 15) is 4.79 Å². The van der Waals surface area contributed by atoms with Crippen LogP contribution in [0.15, 0.2) is 42.5 Å². The lowest BCUT2D eigenvalue weighted by Gasteiger charge is -2.13. The fraction of sp³-hybridized carbons (Fsp3) is 0.200. The number of hydrogen-bond donors (Lipinski definition) is 2. The maximum atomic E-state index is 11.8. The van der Waals surface area contributed by atoms with Gasteiger partial charge in [0.25, 0.3) is 0 Å². The minimum absolute atomic E-state index is 0.167. The smallest absolute Gasteiger partial charge is 0.319 e. The summed E-state index contributed by atoms with van der Waals surface area (Å²) in [6.07, 6.45) is 0.295. The van der Waals surface area contributed by atoms with E-state index in [0.717, 1.165) is 16.5 Å². The summed E-state index contributed by atoms with van der Waals surface area (Å²) in [6.45, 7) is 1.80. The number of urea groups is 1. The van der Waals surface area contributed by atoms with Gasteiger partial charge >= 0.3 is 6.03 Å². The second-order valence-electron chi connectivity index (χ2n) is 4.39. The van der Waals surface area contributed by atoms with Gasteiger partial charge in [-0.1, -0.05) is 36.4 Å². The summed E-state index contributed by atoms with van der Waals surface area (Å²) in [5.41, 5.74) is 0.764. The van der Waals surface area contributed by atoms with Crippen molar-refractivity contribution in [2.24, 2.45) is 0 Å². The summed E-state index contributed by atoms with van der Waals surface area (Å²) in [7, 11) is 0. The minimum atomic E-state index is -0.292. The van der Waals surface area contributed by atoms with Crippen molar-refractivity contribution in [1.82, 2.24) is 5.32 Å². The van der Waals surface area contributed by atoms with Crippen LogP contribution in [-0.2, 0) is 0 Å². The average molecular weight is 253 g/mol. The summed E-state index contributed by atoms with van der Waals surface area (Å²) in [6, 6.07) is 15.2. The minimum Gasteiger partial charge on any atom is -0.334 e. The van der Waals surface area contributed by atoms with Crippen LogP contribution in [0.3, 0.4) is 0 Å². The van der Waals surface area contributed by atoms with Crippen LogP contribution >= 0.6 is 0 Å². The lowest BCUT2D eigenvalue weighted by atomic mass is 10.1. The fourth-order valence-electron chi connectivity index (χ4n) is 1.90. The van der Waals surface area contributed by atoms with Crippen LogP contribution in [-0.4, -0.2) is 12.1 Å². The van der Waals surface area contributed by atoms with Gasteiger partial charge in [-0.05, 0) is 18.4 Å². The summed E-state index contributed by atoms with van der Waals surface area (Å²) < 4.78 is 0. The molecular formula is C15H15N3O. The number of hydrogen-bond acceptors (Lipinski definition) is 2. The Morgan fingerprint density at radius 1 is 1.26 bits per heavy atom. The fourth-order valence-corrected chi connectivity index (χ4v) is 1.90. The van der Waals surface area contributed by atoms with Crippen molar-refractivity contribution >= 4 is 22.5 Å². The SMILES string of the molecule is CC(CC#N)NC(=O)Nc1cccc2ccccc12. The van der Waals surface area contributed by atoms with Gasteiger partial charge in [-0.2, -0.15) is 5.26 Å². The molecule has 0 heterocycles. The van der Waals surface area contributed by atoms with E-state index in [2.05, 4.69) is 10.6 Å². The third kappa shape index (κ3) is 3.23. The zero-order valence-electron chi connectivity index (χ0n) is 10.7. The molecule has 2 aromatic carbocycles. The maximum Gasteiger partial charge on any atom is 0.319 e. The Balaban J connectivity index is 2.13. The van der Waals surface area contributed by atoms with Crippen LogP contribution in [0.2, 0.25) is 0 Å². The largest absolute Gasteiger partial charge is 0.334 e. The first kappa shape index (κ1) is 12.9. The zero-order valence-corrected chi connectivity index (χ0v) is 10.7. The van der Waals surface area contributed by atoms with E-state index in [0.29, 0.717) is 6.42 Å². The van der Waals surface area contributed by atoms with E-state index in [-0.39, 0.29) is 12.1 Å². The number of nitriles is 1. The highest BCUT2D eigenvalue weighted by molar-refractivity contribution is 6.01. The molecule has 96 valence electrons. The van der Waals surface area contributed by atoms with Crippen molar-refractivity contribution in [3.63, 3.8) is 0 Å². The van der Waals surface area contributed by atoms with Crippen LogP contribution in [0.5, 0.6) is 0 Å². The molecule has 0 aliphatic carbocycles. The second kappa shape index (κ2) is 5.87. The van der Waals surface area contributed by atoms with E-state index < -0.39 is 0 Å². The number of benzene rings is 2. The lowest BCUT2D eigenvalue weighted by Crippen LogP contribution is -2.35. The summed E-state index contributed by atoms with van der Waals surface area (Å²) in [4.78, 5) is 11.8. The molecule has 0 aliphatic rings. The molecule has 2 N–H and O–H groups in total. The van der Waals surface area contributed by atoms with Gasteiger partial charge in [-0.25, -0.2) is 4.79 Å². The molecule has 0 saturated carbocycles. The second-order valence-corrected chi connectivity index (χ2v) is 4.39. The molecule has 2 amide bonds. The third-order valence-corrected chi connectivity index (χ3v) is 2.81. The van der Waals surface area contributed by atoms with E-state index in [1.54, 1.807) is 6.92 Å². The number of nitrogens with one attached hydrogen (secondary N) is 2. The number of carbonyl (C=O) groups excluding carboxylic acids is 1. The van der Waals surface area contributed by atoms with Crippen molar-refractivity contribution in [2.75, 3.05) is 5.32 Å². The molecule has 0 radical (unpaired) electrons. The van der Waals surface area contributed by atoms with Gasteiger partial charge in [0.15, 0.2) is 0 Å². The van der Waals surface area contributed by atoms with E-state index in [1.165, 1.54) is 0 Å². The van der Waals surface area contributed by atoms with E-state index in [4.69, 9.17) is 5.26 Å². The Morgan fingerprint density at radius 3 is 2.79 bits per heavy atom. The average Bonchev–Trinajstić information content (AvgIpc) is 2.39. The van der Waals surface area contributed by atoms with Gasteiger partial charge in [0.2, 0.25) is 0 Å². The number of amides is 2. The highest BCUT2D eigenvalue weighted by Crippen LogP contribution is 2.22. The molecule has 2 aromatic rings. The molecule has 0 aromatic heterocycles. The van der Waals surface area contributed by atoms with Crippen molar-refractivity contribution in [3.8, 4) is 6.07 Å². The van der Waals surface area contributed by atoms with Gasteiger partial charge in [0, 0.05) is 11.4 Å². The van der Waals surface area contributed by atoms with Gasteiger partial charge < -0.3 is 10.6 Å². The Morgan fingerprint density at radius 2 is 2.00 bits per heavy atom. The summed E-state index contributed by atoms with van der Waals surface area (Å²) >= 11 is 0. The Labute approximate surface area is 112 Å². The Hall–Kier alpha value is -2.54. The molecule has 19 heavy (non-hydrogen) atoms. The highest BCUT2D eigenvalue weighted by Gasteiger charge is 2.08. The zero-order chi connectivity index (χ0) is 13.7. The maximum absolute atomic E-state index is 11.8. The number of nitrogens with zero attached hydrogens (tertiary/aromatic N) is 1. The molecule has 4 nitrogen and oxygen atoms in total. The Bertz CT molecular complexity index is 625. The van der Waals surface area contributed by atoms with Gasteiger partial charge in [-0.15, -0.1) is 0 Å². The number of rotatable bonds is 3. The Kier molecular flexibility index (Phi) is 3.99. The molecule has 0 saturated heterocycles. The molecule has 0 spiro atoms. The normalized spacial score (nSPS) is 11.6. The monoisotopic (exact) mass is 253 g/mol. The van der Waals surface area contributed by atoms with Gasteiger partial charge in [-0.3, -0.25) is 0 Å². The molecule has 4 heteroatoms. The number of fused-ring (bicyclic) bond motifs is 1.